The maximum atomic E-state index is 12.9. The predicted octanol–water partition coefficient (Wildman–Crippen LogP) is 4.25. The summed E-state index contributed by atoms with van der Waals surface area (Å²) < 4.78 is 16.2. The number of rotatable bonds is 13. The standard InChI is InChI=1S/C26H28N2O6S/c1-32-18-33-17-20(16-24(26(30)28-31)35-23-10-6-3-7-11-23)27-25(29)19-12-14-22(15-13-19)34-21-8-4-2-5-9-21/h2-15,20,24,31H,16-18H2,1H3,(H,27,29)(H,28,30)/t20-,24-/m0/s1. The molecule has 0 aromatic heterocycles. The molecule has 0 saturated heterocycles. The summed E-state index contributed by atoms with van der Waals surface area (Å²) >= 11 is 1.29. The van der Waals surface area contributed by atoms with Gasteiger partial charge in [0.15, 0.2) is 0 Å². The Kier molecular flexibility index (Phi) is 10.6. The second kappa shape index (κ2) is 14.1. The molecule has 184 valence electrons. The SMILES string of the molecule is COCOC[C@H](C[C@H](Sc1ccccc1)C(=O)NO)NC(=O)c1ccc(Oc2ccccc2)cc1. The number of carbonyl (C=O) groups excluding carboxylic acids is 2. The predicted molar refractivity (Wildman–Crippen MR) is 133 cm³/mol. The molecule has 0 bridgehead atoms. The van der Waals surface area contributed by atoms with Crippen molar-refractivity contribution >= 4 is 23.6 Å². The second-order valence-corrected chi connectivity index (χ2v) is 8.79. The summed E-state index contributed by atoms with van der Waals surface area (Å²) in [6, 6.07) is 24.9. The fraction of sp³-hybridized carbons (Fsp3) is 0.231. The molecule has 0 radical (unpaired) electrons. The van der Waals surface area contributed by atoms with Crippen LogP contribution in [0.25, 0.3) is 0 Å². The van der Waals surface area contributed by atoms with E-state index in [-0.39, 0.29) is 25.7 Å². The molecule has 0 heterocycles. The van der Waals surface area contributed by atoms with Gasteiger partial charge in [-0.25, -0.2) is 5.48 Å². The summed E-state index contributed by atoms with van der Waals surface area (Å²) in [6.45, 7) is 0.167. The molecule has 0 saturated carbocycles. The van der Waals surface area contributed by atoms with Gasteiger partial charge >= 0.3 is 0 Å². The summed E-state index contributed by atoms with van der Waals surface area (Å²) in [5.41, 5.74) is 2.15. The molecule has 2 atom stereocenters. The number of hydrogen-bond acceptors (Lipinski definition) is 7. The van der Waals surface area contributed by atoms with Gasteiger partial charge in [0.1, 0.15) is 18.3 Å². The molecule has 0 spiro atoms. The lowest BCUT2D eigenvalue weighted by molar-refractivity contribution is -0.128. The first-order valence-corrected chi connectivity index (χ1v) is 11.8. The highest BCUT2D eigenvalue weighted by atomic mass is 32.2. The van der Waals surface area contributed by atoms with Crippen molar-refractivity contribution in [3.05, 3.63) is 90.5 Å². The number of hydrogen-bond donors (Lipinski definition) is 3. The Morgan fingerprint density at radius 2 is 1.54 bits per heavy atom. The number of para-hydroxylation sites is 1. The molecule has 35 heavy (non-hydrogen) atoms. The minimum absolute atomic E-state index is 0.0422. The first kappa shape index (κ1) is 26.2. The highest BCUT2D eigenvalue weighted by Crippen LogP contribution is 2.27. The van der Waals surface area contributed by atoms with Gasteiger partial charge in [0, 0.05) is 17.6 Å². The van der Waals surface area contributed by atoms with E-state index in [1.165, 1.54) is 18.9 Å². The number of benzene rings is 3. The van der Waals surface area contributed by atoms with Crippen LogP contribution in [0.4, 0.5) is 0 Å². The van der Waals surface area contributed by atoms with Crippen molar-refractivity contribution in [3.8, 4) is 11.5 Å². The molecule has 0 aliphatic carbocycles. The molecule has 0 unspecified atom stereocenters. The van der Waals surface area contributed by atoms with Crippen LogP contribution in [0.5, 0.6) is 11.5 Å². The van der Waals surface area contributed by atoms with Crippen molar-refractivity contribution in [3.63, 3.8) is 0 Å². The zero-order valence-corrected chi connectivity index (χ0v) is 20.1. The van der Waals surface area contributed by atoms with Gasteiger partial charge in [-0.1, -0.05) is 36.4 Å². The third-order valence-corrected chi connectivity index (χ3v) is 6.11. The van der Waals surface area contributed by atoms with Crippen molar-refractivity contribution in [2.75, 3.05) is 20.5 Å². The Morgan fingerprint density at radius 3 is 2.17 bits per heavy atom. The molecule has 9 heteroatoms. The van der Waals surface area contributed by atoms with Crippen molar-refractivity contribution in [2.45, 2.75) is 22.6 Å². The Hall–Kier alpha value is -3.37. The molecule has 2 amide bonds. The molecule has 3 N–H and O–H groups in total. The van der Waals surface area contributed by atoms with Crippen molar-refractivity contribution in [2.24, 2.45) is 0 Å². The van der Waals surface area contributed by atoms with E-state index >= 15 is 0 Å². The van der Waals surface area contributed by atoms with Crippen LogP contribution in [0.2, 0.25) is 0 Å². The molecule has 0 aliphatic heterocycles. The van der Waals surface area contributed by atoms with E-state index in [1.54, 1.807) is 29.7 Å². The molecule has 0 fully saturated rings. The molecular weight excluding hydrogens is 468 g/mol. The fourth-order valence-corrected chi connectivity index (χ4v) is 4.34. The van der Waals surface area contributed by atoms with Gasteiger partial charge in [0.2, 0.25) is 0 Å². The third-order valence-electron chi connectivity index (χ3n) is 4.87. The molecule has 0 aliphatic rings. The van der Waals surface area contributed by atoms with Crippen LogP contribution in [-0.2, 0) is 14.3 Å². The van der Waals surface area contributed by atoms with Crippen molar-refractivity contribution in [1.29, 1.82) is 0 Å². The lowest BCUT2D eigenvalue weighted by Gasteiger charge is -2.23. The van der Waals surface area contributed by atoms with Crippen LogP contribution in [-0.4, -0.2) is 48.8 Å². The van der Waals surface area contributed by atoms with Gasteiger partial charge in [0.05, 0.1) is 17.9 Å². The van der Waals surface area contributed by atoms with Gasteiger partial charge in [0.25, 0.3) is 11.8 Å². The number of nitrogens with one attached hydrogen (secondary N) is 2. The minimum Gasteiger partial charge on any atom is -0.457 e. The average Bonchev–Trinajstić information content (AvgIpc) is 2.89. The van der Waals surface area contributed by atoms with Gasteiger partial charge in [-0.15, -0.1) is 11.8 Å². The number of hydroxylamine groups is 1. The Morgan fingerprint density at radius 1 is 0.914 bits per heavy atom. The van der Waals surface area contributed by atoms with Crippen LogP contribution in [0, 0.1) is 0 Å². The van der Waals surface area contributed by atoms with Crippen LogP contribution in [0.3, 0.4) is 0 Å². The van der Waals surface area contributed by atoms with Gasteiger partial charge < -0.3 is 19.5 Å². The average molecular weight is 497 g/mol. The summed E-state index contributed by atoms with van der Waals surface area (Å²) in [5, 5.41) is 11.5. The Labute approximate surface area is 208 Å². The maximum absolute atomic E-state index is 12.9. The number of methoxy groups -OCH3 is 1. The number of carbonyl (C=O) groups is 2. The van der Waals surface area contributed by atoms with Gasteiger partial charge in [-0.2, -0.15) is 0 Å². The Balaban J connectivity index is 1.67. The van der Waals surface area contributed by atoms with E-state index in [0.717, 1.165) is 4.90 Å². The highest BCUT2D eigenvalue weighted by Gasteiger charge is 2.26. The van der Waals surface area contributed by atoms with Crippen LogP contribution in [0.15, 0.2) is 89.8 Å². The van der Waals surface area contributed by atoms with Crippen LogP contribution >= 0.6 is 11.8 Å². The second-order valence-electron chi connectivity index (χ2n) is 7.52. The van der Waals surface area contributed by atoms with E-state index in [0.29, 0.717) is 17.1 Å². The zero-order chi connectivity index (χ0) is 24.9. The maximum Gasteiger partial charge on any atom is 0.256 e. The molecule has 3 aromatic rings. The fourth-order valence-electron chi connectivity index (χ4n) is 3.21. The minimum atomic E-state index is -0.666. The zero-order valence-electron chi connectivity index (χ0n) is 19.3. The number of thioether (sulfide) groups is 1. The first-order chi connectivity index (χ1) is 17.1. The van der Waals surface area contributed by atoms with Crippen molar-refractivity contribution in [1.82, 2.24) is 10.8 Å². The monoisotopic (exact) mass is 496 g/mol. The van der Waals surface area contributed by atoms with E-state index in [9.17, 15) is 14.8 Å². The molecule has 8 nitrogen and oxygen atoms in total. The number of amides is 2. The summed E-state index contributed by atoms with van der Waals surface area (Å²) in [4.78, 5) is 26.2. The van der Waals surface area contributed by atoms with Crippen LogP contribution in [0.1, 0.15) is 16.8 Å². The van der Waals surface area contributed by atoms with E-state index in [2.05, 4.69) is 5.32 Å². The van der Waals surface area contributed by atoms with E-state index in [1.807, 2.05) is 60.7 Å². The topological polar surface area (TPSA) is 106 Å². The molecular formula is C26H28N2O6S. The molecule has 3 aromatic carbocycles. The first-order valence-electron chi connectivity index (χ1n) is 10.9. The highest BCUT2D eigenvalue weighted by molar-refractivity contribution is 8.00. The lowest BCUT2D eigenvalue weighted by atomic mass is 10.1. The smallest absolute Gasteiger partial charge is 0.256 e. The quantitative estimate of drug-likeness (QED) is 0.107. The summed E-state index contributed by atoms with van der Waals surface area (Å²) in [6.07, 6.45) is 0.219. The van der Waals surface area contributed by atoms with Crippen molar-refractivity contribution < 1.29 is 29.0 Å². The Bertz CT molecular complexity index is 1050. The summed E-state index contributed by atoms with van der Waals surface area (Å²) in [5.74, 6) is 0.415. The number of ether oxygens (including phenoxy) is 3. The van der Waals surface area contributed by atoms with E-state index < -0.39 is 17.2 Å². The normalized spacial score (nSPS) is 12.4. The third kappa shape index (κ3) is 8.73. The largest absolute Gasteiger partial charge is 0.457 e. The van der Waals surface area contributed by atoms with Gasteiger partial charge in [-0.05, 0) is 55.0 Å². The molecule has 3 rings (SSSR count). The van der Waals surface area contributed by atoms with E-state index in [4.69, 9.17) is 14.2 Å². The lowest BCUT2D eigenvalue weighted by Crippen LogP contribution is -2.43. The van der Waals surface area contributed by atoms with Gasteiger partial charge in [-0.3, -0.25) is 14.8 Å². The van der Waals surface area contributed by atoms with Crippen LogP contribution < -0.4 is 15.5 Å². The summed E-state index contributed by atoms with van der Waals surface area (Å²) in [7, 11) is 1.50.